The minimum atomic E-state index is -0.980. The van der Waals surface area contributed by atoms with Crippen molar-refractivity contribution < 1.29 is 39.7 Å². The van der Waals surface area contributed by atoms with Crippen LogP contribution >= 0.6 is 11.6 Å². The molecule has 0 saturated heterocycles. The van der Waals surface area contributed by atoms with Crippen LogP contribution in [0.4, 0.5) is 0 Å². The third kappa shape index (κ3) is 17.9. The molecule has 10 heteroatoms. The van der Waals surface area contributed by atoms with E-state index in [1.165, 1.54) is 0 Å². The highest BCUT2D eigenvalue weighted by Crippen LogP contribution is 1.93. The lowest BCUT2D eigenvalue weighted by Gasteiger charge is -2.17. The molecule has 0 spiro atoms. The molecule has 0 rings (SSSR count). The second-order valence-electron chi connectivity index (χ2n) is 2.42. The lowest BCUT2D eigenvalue weighted by Crippen LogP contribution is -2.28. The fourth-order valence-electron chi connectivity index (χ4n) is 0.458. The van der Waals surface area contributed by atoms with Gasteiger partial charge in [0.05, 0.1) is 45.0 Å². The van der Waals surface area contributed by atoms with Crippen molar-refractivity contribution >= 4 is 17.6 Å². The average Bonchev–Trinajstić information content (AvgIpc) is 2.38. The lowest BCUT2D eigenvalue weighted by molar-refractivity contribution is -0.527. The molecule has 0 bridgehead atoms. The summed E-state index contributed by atoms with van der Waals surface area (Å²) in [5.74, 6) is -1.29. The molecule has 0 aliphatic rings. The van der Waals surface area contributed by atoms with Crippen molar-refractivity contribution in [1.29, 1.82) is 0 Å². The second-order valence-corrected chi connectivity index (χ2v) is 2.69. The van der Waals surface area contributed by atoms with Crippen molar-refractivity contribution in [2.45, 2.75) is 0 Å². The van der Waals surface area contributed by atoms with E-state index in [4.69, 9.17) is 46.5 Å². The quantitative estimate of drug-likeness (QED) is 0.277. The lowest BCUT2D eigenvalue weighted by atomic mass is 10.8. The topological polar surface area (TPSA) is 129 Å². The molecule has 9 nitrogen and oxygen atoms in total. The predicted molar refractivity (Wildman–Crippen MR) is 59.3 cm³/mol. The Bertz CT molecular complexity index is 165. The molecular weight excluding hydrogens is 274 g/mol. The Morgan fingerprint density at radius 1 is 0.944 bits per heavy atom. The van der Waals surface area contributed by atoms with Gasteiger partial charge in [-0.1, -0.05) is 0 Å². The molecule has 4 N–H and O–H groups in total. The Hall–Kier alpha value is -0.520. The maximum Gasteiger partial charge on any atom is 0.318 e. The van der Waals surface area contributed by atoms with Crippen LogP contribution < -0.4 is 0 Å². The van der Waals surface area contributed by atoms with Crippen LogP contribution in [0.3, 0.4) is 0 Å². The Morgan fingerprint density at radius 2 is 1.22 bits per heavy atom. The van der Waals surface area contributed by atoms with Gasteiger partial charge in [0, 0.05) is 0 Å². The monoisotopic (exact) mass is 291 g/mol. The maximum absolute atomic E-state index is 9.24. The number of halogens is 1. The van der Waals surface area contributed by atoms with Gasteiger partial charge >= 0.3 is 5.97 Å². The standard InChI is InChI=1S/C6H15NO6.C2H3ClO2/c8-1-4-11-7(12-5-2-9)13-6-3-10;3-1-2(4)5/h8-10H,1-6H2;1H2,(H,4,5). The van der Waals surface area contributed by atoms with E-state index in [0.29, 0.717) is 5.39 Å². The SMILES string of the molecule is O=C(O)CCl.OCCON(OCCO)OCCO. The van der Waals surface area contributed by atoms with E-state index in [9.17, 15) is 4.79 Å². The summed E-state index contributed by atoms with van der Waals surface area (Å²) in [5.41, 5.74) is 0. The summed E-state index contributed by atoms with van der Waals surface area (Å²) in [7, 11) is 0. The highest BCUT2D eigenvalue weighted by molar-refractivity contribution is 6.26. The van der Waals surface area contributed by atoms with Gasteiger partial charge in [0.2, 0.25) is 0 Å². The summed E-state index contributed by atoms with van der Waals surface area (Å²) in [6.07, 6.45) is 0. The van der Waals surface area contributed by atoms with E-state index in [1.54, 1.807) is 0 Å². The third-order valence-electron chi connectivity index (χ3n) is 0.978. The van der Waals surface area contributed by atoms with E-state index < -0.39 is 5.97 Å². The number of carboxylic acid groups (broad SMARTS) is 1. The van der Waals surface area contributed by atoms with E-state index in [1.807, 2.05) is 0 Å². The molecule has 0 aromatic rings. The Kier molecular flexibility index (Phi) is 18.1. The maximum atomic E-state index is 9.24. The molecule has 110 valence electrons. The number of hydrogen-bond acceptors (Lipinski definition) is 8. The second kappa shape index (κ2) is 16.5. The molecule has 0 unspecified atom stereocenters. The normalized spacial score (nSPS) is 10.1. The molecule has 0 amide bonds. The summed E-state index contributed by atoms with van der Waals surface area (Å²) in [6, 6.07) is 0. The predicted octanol–water partition coefficient (Wildman–Crippen LogP) is -1.63. The summed E-state index contributed by atoms with van der Waals surface area (Å²) in [5, 5.41) is 33.5. The first kappa shape index (κ1) is 19.8. The summed E-state index contributed by atoms with van der Waals surface area (Å²) in [6.45, 7) is -0.505. The van der Waals surface area contributed by atoms with Gasteiger partial charge in [-0.25, -0.2) is 14.5 Å². The van der Waals surface area contributed by atoms with Crippen molar-refractivity contribution in [3.05, 3.63) is 0 Å². The number of alkyl halides is 1. The number of aliphatic carboxylic acids is 1. The molecule has 0 radical (unpaired) electrons. The molecular formula is C8H18ClNO8. The van der Waals surface area contributed by atoms with Crippen LogP contribution in [0.25, 0.3) is 0 Å². The highest BCUT2D eigenvalue weighted by atomic mass is 35.5. The van der Waals surface area contributed by atoms with Crippen molar-refractivity contribution in [3.8, 4) is 0 Å². The molecule has 0 fully saturated rings. The van der Waals surface area contributed by atoms with Gasteiger partial charge in [-0.15, -0.1) is 11.6 Å². The van der Waals surface area contributed by atoms with Gasteiger partial charge in [-0.05, 0) is 0 Å². The fourth-order valence-corrected chi connectivity index (χ4v) is 0.458. The summed E-state index contributed by atoms with van der Waals surface area (Å²) >= 11 is 4.74. The number of carboxylic acids is 1. The number of aliphatic hydroxyl groups excluding tert-OH is 3. The molecule has 0 aliphatic heterocycles. The van der Waals surface area contributed by atoms with Crippen LogP contribution in [0.15, 0.2) is 0 Å². The van der Waals surface area contributed by atoms with Crippen LogP contribution in [0.5, 0.6) is 0 Å². The Labute approximate surface area is 109 Å². The van der Waals surface area contributed by atoms with E-state index in [2.05, 4.69) is 0 Å². The molecule has 0 aromatic heterocycles. The first-order valence-electron chi connectivity index (χ1n) is 4.91. The van der Waals surface area contributed by atoms with Crippen LogP contribution in [-0.4, -0.2) is 77.3 Å². The van der Waals surface area contributed by atoms with Crippen LogP contribution in [0.2, 0.25) is 0 Å². The van der Waals surface area contributed by atoms with Crippen LogP contribution in [-0.2, 0) is 19.3 Å². The van der Waals surface area contributed by atoms with Gasteiger partial charge in [0.15, 0.2) is 0 Å². The summed E-state index contributed by atoms with van der Waals surface area (Å²) < 4.78 is 0. The first-order chi connectivity index (χ1) is 8.62. The van der Waals surface area contributed by atoms with Crippen LogP contribution in [0.1, 0.15) is 0 Å². The first-order valence-corrected chi connectivity index (χ1v) is 5.45. The molecule has 0 aromatic carbocycles. The zero-order valence-electron chi connectivity index (χ0n) is 9.70. The van der Waals surface area contributed by atoms with E-state index in [-0.39, 0.29) is 45.5 Å². The number of carbonyl (C=O) groups is 1. The summed E-state index contributed by atoms with van der Waals surface area (Å²) in [4.78, 5) is 23.4. The van der Waals surface area contributed by atoms with Gasteiger partial charge in [0.1, 0.15) is 5.88 Å². The molecule has 18 heavy (non-hydrogen) atoms. The number of nitrogens with zero attached hydrogens (tertiary/aromatic N) is 1. The molecule has 0 aliphatic carbocycles. The van der Waals surface area contributed by atoms with Gasteiger partial charge in [0.25, 0.3) is 0 Å². The van der Waals surface area contributed by atoms with Gasteiger partial charge < -0.3 is 20.4 Å². The fraction of sp³-hybridized carbons (Fsp3) is 0.875. The smallest absolute Gasteiger partial charge is 0.318 e. The highest BCUT2D eigenvalue weighted by Gasteiger charge is 2.05. The van der Waals surface area contributed by atoms with E-state index >= 15 is 0 Å². The third-order valence-corrected chi connectivity index (χ3v) is 1.21. The Balaban J connectivity index is 0. The largest absolute Gasteiger partial charge is 0.480 e. The number of hydrogen-bond donors (Lipinski definition) is 4. The van der Waals surface area contributed by atoms with E-state index in [0.717, 1.165) is 0 Å². The zero-order valence-corrected chi connectivity index (χ0v) is 10.5. The zero-order chi connectivity index (χ0) is 14.2. The van der Waals surface area contributed by atoms with Gasteiger partial charge in [-0.2, -0.15) is 0 Å². The average molecular weight is 292 g/mol. The molecule has 0 saturated carbocycles. The Morgan fingerprint density at radius 3 is 1.39 bits per heavy atom. The van der Waals surface area contributed by atoms with Crippen molar-refractivity contribution in [2.75, 3.05) is 45.5 Å². The molecule has 0 atom stereocenters. The van der Waals surface area contributed by atoms with Crippen molar-refractivity contribution in [1.82, 2.24) is 5.39 Å². The minimum absolute atomic E-state index is 0.0108. The van der Waals surface area contributed by atoms with Crippen LogP contribution in [0, 0.1) is 0 Å². The van der Waals surface area contributed by atoms with Crippen molar-refractivity contribution in [2.24, 2.45) is 0 Å². The number of rotatable bonds is 10. The molecule has 0 heterocycles. The van der Waals surface area contributed by atoms with Crippen molar-refractivity contribution in [3.63, 3.8) is 0 Å². The number of aliphatic hydroxyl groups is 3. The van der Waals surface area contributed by atoms with Gasteiger partial charge in [-0.3, -0.25) is 4.79 Å². The minimum Gasteiger partial charge on any atom is -0.480 e.